The second-order valence-electron chi connectivity index (χ2n) is 12.4. The molecule has 0 saturated carbocycles. The van der Waals surface area contributed by atoms with Gasteiger partial charge in [0, 0.05) is 55.6 Å². The van der Waals surface area contributed by atoms with E-state index in [-0.39, 0.29) is 59.6 Å². The number of carbonyl (C=O) groups excluding carboxylic acids is 3. The zero-order valence-corrected chi connectivity index (χ0v) is 30.0. The number of thioether (sulfide) groups is 2. The number of anilines is 1. The number of carbonyl (C=O) groups is 3. The molecule has 2 rings (SSSR count). The Bertz CT molecular complexity index is 1390. The number of rotatable bonds is 17. The first kappa shape index (κ1) is 39.0. The molecule has 2 aromatic rings. The van der Waals surface area contributed by atoms with Crippen molar-refractivity contribution in [3.63, 3.8) is 0 Å². The van der Waals surface area contributed by atoms with Crippen molar-refractivity contribution in [2.75, 3.05) is 63.4 Å². The van der Waals surface area contributed by atoms with Gasteiger partial charge in [0.15, 0.2) is 21.4 Å². The molecular formula is C28H47N6O8PS2. The van der Waals surface area contributed by atoms with Crippen LogP contribution in [-0.2, 0) is 46.3 Å². The Morgan fingerprint density at radius 3 is 2.04 bits per heavy atom. The van der Waals surface area contributed by atoms with E-state index in [9.17, 15) is 23.7 Å². The summed E-state index contributed by atoms with van der Waals surface area (Å²) in [6.45, 7) is 12.3. The molecule has 0 radical (unpaired) electrons. The van der Waals surface area contributed by atoms with Gasteiger partial charge in [-0.05, 0) is 0 Å². The third-order valence-electron chi connectivity index (χ3n) is 6.52. The van der Waals surface area contributed by atoms with E-state index in [1.807, 2.05) is 46.4 Å². The average molecular weight is 691 g/mol. The van der Waals surface area contributed by atoms with Gasteiger partial charge in [-0.25, -0.2) is 4.98 Å². The van der Waals surface area contributed by atoms with Crippen molar-refractivity contribution >= 4 is 64.4 Å². The first-order valence-electron chi connectivity index (χ1n) is 14.6. The SMILES string of the molecule is COC(=O)CCN(CCn1cnc2c(=O)n(C)c(N)nc21)CCP(=O)(OCCSC(=O)C(C)(C)C)OCCSC(=O)C(C)(C)C. The zero-order chi connectivity index (χ0) is 34.0. The second kappa shape index (κ2) is 17.1. The van der Waals surface area contributed by atoms with Crippen LogP contribution in [-0.4, -0.2) is 97.8 Å². The van der Waals surface area contributed by atoms with Crippen LogP contribution in [0.2, 0.25) is 0 Å². The van der Waals surface area contributed by atoms with E-state index in [4.69, 9.17) is 19.5 Å². The normalized spacial score (nSPS) is 12.6. The van der Waals surface area contributed by atoms with Crippen molar-refractivity contribution in [1.82, 2.24) is 24.0 Å². The van der Waals surface area contributed by atoms with Gasteiger partial charge in [0.05, 0.1) is 39.2 Å². The fourth-order valence-electron chi connectivity index (χ4n) is 3.67. The van der Waals surface area contributed by atoms with E-state index in [1.165, 1.54) is 25.1 Å². The van der Waals surface area contributed by atoms with E-state index in [0.717, 1.165) is 23.5 Å². The van der Waals surface area contributed by atoms with Gasteiger partial charge in [-0.2, -0.15) is 4.98 Å². The van der Waals surface area contributed by atoms with Crippen molar-refractivity contribution in [2.24, 2.45) is 17.9 Å². The first-order valence-corrected chi connectivity index (χ1v) is 18.3. The summed E-state index contributed by atoms with van der Waals surface area (Å²) in [6.07, 6.45) is 1.59. The monoisotopic (exact) mass is 690 g/mol. The maximum atomic E-state index is 13.9. The Hall–Kier alpha value is -2.23. The number of methoxy groups -OCH3 is 1. The predicted octanol–water partition coefficient (Wildman–Crippen LogP) is 3.42. The van der Waals surface area contributed by atoms with Gasteiger partial charge in [-0.1, -0.05) is 65.1 Å². The summed E-state index contributed by atoms with van der Waals surface area (Å²) in [6, 6.07) is 0. The highest BCUT2D eigenvalue weighted by Crippen LogP contribution is 2.48. The highest BCUT2D eigenvalue weighted by atomic mass is 32.2. The van der Waals surface area contributed by atoms with Crippen LogP contribution >= 0.6 is 31.1 Å². The van der Waals surface area contributed by atoms with Gasteiger partial charge in [-0.3, -0.25) is 28.3 Å². The molecule has 14 nitrogen and oxygen atoms in total. The van der Waals surface area contributed by atoms with Crippen molar-refractivity contribution < 1.29 is 32.7 Å². The molecule has 0 aliphatic heterocycles. The van der Waals surface area contributed by atoms with Crippen molar-refractivity contribution in [3.05, 3.63) is 16.7 Å². The van der Waals surface area contributed by atoms with E-state index in [2.05, 4.69) is 9.97 Å². The van der Waals surface area contributed by atoms with Crippen LogP contribution in [0.15, 0.2) is 11.1 Å². The largest absolute Gasteiger partial charge is 0.469 e. The molecule has 2 heterocycles. The molecule has 0 saturated heterocycles. The van der Waals surface area contributed by atoms with Crippen molar-refractivity contribution in [1.29, 1.82) is 0 Å². The van der Waals surface area contributed by atoms with Crippen LogP contribution in [0, 0.1) is 10.8 Å². The van der Waals surface area contributed by atoms with Crippen molar-refractivity contribution in [2.45, 2.75) is 54.5 Å². The van der Waals surface area contributed by atoms with Crippen LogP contribution in [0.25, 0.3) is 11.2 Å². The molecule has 0 aromatic carbocycles. The maximum Gasteiger partial charge on any atom is 0.332 e. The van der Waals surface area contributed by atoms with Crippen molar-refractivity contribution in [3.8, 4) is 0 Å². The molecule has 0 unspecified atom stereocenters. The summed E-state index contributed by atoms with van der Waals surface area (Å²) < 4.78 is 33.2. The molecule has 2 N–H and O–H groups in total. The summed E-state index contributed by atoms with van der Waals surface area (Å²) in [5.74, 6) is 0.256. The molecule has 0 bridgehead atoms. The van der Waals surface area contributed by atoms with Crippen LogP contribution in [0.1, 0.15) is 48.0 Å². The minimum atomic E-state index is -3.67. The van der Waals surface area contributed by atoms with Gasteiger partial charge < -0.3 is 29.0 Å². The summed E-state index contributed by atoms with van der Waals surface area (Å²) >= 11 is 2.22. The minimum Gasteiger partial charge on any atom is -0.469 e. The fourth-order valence-corrected chi connectivity index (χ4v) is 7.09. The summed E-state index contributed by atoms with van der Waals surface area (Å²) in [5, 5.41) is -0.0110. The molecule has 2 aromatic heterocycles. The molecule has 0 fully saturated rings. The van der Waals surface area contributed by atoms with Gasteiger partial charge >= 0.3 is 13.6 Å². The average Bonchev–Trinajstić information content (AvgIpc) is 3.37. The number of imidazole rings is 1. The number of nitrogens with zero attached hydrogens (tertiary/aromatic N) is 5. The van der Waals surface area contributed by atoms with E-state index in [1.54, 1.807) is 4.57 Å². The van der Waals surface area contributed by atoms with Gasteiger partial charge in [-0.15, -0.1) is 0 Å². The number of esters is 1. The smallest absolute Gasteiger partial charge is 0.332 e. The number of ether oxygens (including phenoxy) is 1. The van der Waals surface area contributed by atoms with E-state index < -0.39 is 24.4 Å². The topological polar surface area (TPSA) is 178 Å². The maximum absolute atomic E-state index is 13.9. The fraction of sp³-hybridized carbons (Fsp3) is 0.714. The standard InChI is InChI=1S/C28H47N6O8PS2/c1-27(2,3)24(37)44-17-14-41-43(39,42-15-18-45-25(38)28(4,5)6)16-13-33(10-9-20(35)40-8)11-12-34-19-30-21-22(34)31-26(29)32(7)23(21)36/h19H,9-18H2,1-8H3,(H2,29,31). The van der Waals surface area contributed by atoms with E-state index in [0.29, 0.717) is 36.8 Å². The molecule has 0 spiro atoms. The number of fused-ring (bicyclic) bond motifs is 1. The molecular weight excluding hydrogens is 643 g/mol. The van der Waals surface area contributed by atoms with Crippen LogP contribution in [0.5, 0.6) is 0 Å². The first-order chi connectivity index (χ1) is 20.9. The third-order valence-corrected chi connectivity index (χ3v) is 10.9. The van der Waals surface area contributed by atoms with Gasteiger partial charge in [0.25, 0.3) is 5.56 Å². The number of aromatic nitrogens is 4. The molecule has 0 atom stereocenters. The van der Waals surface area contributed by atoms with E-state index >= 15 is 0 Å². The highest BCUT2D eigenvalue weighted by Gasteiger charge is 2.28. The lowest BCUT2D eigenvalue weighted by Crippen LogP contribution is -2.33. The lowest BCUT2D eigenvalue weighted by atomic mass is 9.99. The summed E-state index contributed by atoms with van der Waals surface area (Å²) in [7, 11) is -0.846. The Balaban J connectivity index is 2.14. The molecule has 45 heavy (non-hydrogen) atoms. The number of nitrogen functional groups attached to an aromatic ring is 1. The molecule has 0 aliphatic carbocycles. The van der Waals surface area contributed by atoms with Crippen LogP contribution in [0.3, 0.4) is 0 Å². The Kier molecular flexibility index (Phi) is 14.8. The highest BCUT2D eigenvalue weighted by molar-refractivity contribution is 8.14. The molecule has 0 amide bonds. The van der Waals surface area contributed by atoms with Crippen LogP contribution in [0.4, 0.5) is 5.95 Å². The Morgan fingerprint density at radius 2 is 1.53 bits per heavy atom. The molecule has 17 heteroatoms. The Labute approximate surface area is 273 Å². The Morgan fingerprint density at radius 1 is 0.978 bits per heavy atom. The minimum absolute atomic E-state index is 0.000355. The number of hydrogen-bond acceptors (Lipinski definition) is 14. The summed E-state index contributed by atoms with van der Waals surface area (Å²) in [4.78, 5) is 59.5. The quantitative estimate of drug-likeness (QED) is 0.145. The number of nitrogens with two attached hydrogens (primary N) is 1. The van der Waals surface area contributed by atoms with Gasteiger partial charge in [0.1, 0.15) is 0 Å². The number of hydrogen-bond donors (Lipinski definition) is 1. The van der Waals surface area contributed by atoms with Gasteiger partial charge in [0.2, 0.25) is 5.95 Å². The predicted molar refractivity (Wildman–Crippen MR) is 178 cm³/mol. The summed E-state index contributed by atoms with van der Waals surface area (Å²) in [5.41, 5.74) is 5.01. The molecule has 0 aliphatic rings. The lowest BCUT2D eigenvalue weighted by molar-refractivity contribution is -0.141. The third kappa shape index (κ3) is 12.5. The molecule has 254 valence electrons. The second-order valence-corrected chi connectivity index (χ2v) is 16.7. The zero-order valence-electron chi connectivity index (χ0n) is 27.5. The lowest BCUT2D eigenvalue weighted by Gasteiger charge is -2.25. The van der Waals surface area contributed by atoms with Crippen LogP contribution < -0.4 is 11.3 Å².